The molecule has 5 heteroatoms. The van der Waals surface area contributed by atoms with Gasteiger partial charge in [0.05, 0.1) is 13.2 Å². The summed E-state index contributed by atoms with van der Waals surface area (Å²) in [6.07, 6.45) is 0. The molecule has 0 saturated carbocycles. The highest BCUT2D eigenvalue weighted by Gasteiger charge is 2.29. The topological polar surface area (TPSA) is 55.8 Å². The van der Waals surface area contributed by atoms with Crippen LogP contribution in [-0.2, 0) is 13.6 Å². The second kappa shape index (κ2) is 4.88. The lowest BCUT2D eigenvalue weighted by atomic mass is 10.9. The van der Waals surface area contributed by atoms with Crippen molar-refractivity contribution in [1.82, 2.24) is 0 Å². The summed E-state index contributed by atoms with van der Waals surface area (Å²) in [6.45, 7) is 5.36. The van der Waals surface area contributed by atoms with Crippen molar-refractivity contribution in [1.29, 1.82) is 0 Å². The van der Waals surface area contributed by atoms with E-state index in [0.29, 0.717) is 0 Å². The Balaban J connectivity index is 4.14. The van der Waals surface area contributed by atoms with Crippen LogP contribution in [0, 0.1) is 0 Å². The van der Waals surface area contributed by atoms with Gasteiger partial charge in [0.1, 0.15) is 0 Å². The summed E-state index contributed by atoms with van der Waals surface area (Å²) >= 11 is 0. The van der Waals surface area contributed by atoms with Crippen molar-refractivity contribution in [2.45, 2.75) is 26.6 Å². The Morgan fingerprint density at radius 3 is 1.91 bits per heavy atom. The van der Waals surface area contributed by atoms with Crippen LogP contribution in [0.4, 0.5) is 0 Å². The maximum atomic E-state index is 11.4. The minimum Gasteiger partial charge on any atom is -0.381 e. The summed E-state index contributed by atoms with van der Waals surface area (Å²) in [5.41, 5.74) is 0. The van der Waals surface area contributed by atoms with Gasteiger partial charge in [-0.15, -0.1) is 0 Å². The highest BCUT2D eigenvalue weighted by Crippen LogP contribution is 2.51. The van der Waals surface area contributed by atoms with Crippen LogP contribution >= 0.6 is 7.60 Å². The normalized spacial score (nSPS) is 14.9. The zero-order chi connectivity index (χ0) is 8.91. The molecule has 0 aromatic heterocycles. The first-order valence-electron chi connectivity index (χ1n) is 3.63. The van der Waals surface area contributed by atoms with Gasteiger partial charge in [0.25, 0.3) is 0 Å². The molecule has 0 aliphatic rings. The summed E-state index contributed by atoms with van der Waals surface area (Å²) in [5.74, 6) is -1.05. The molecule has 1 unspecified atom stereocenters. The van der Waals surface area contributed by atoms with E-state index in [2.05, 4.69) is 0 Å². The Morgan fingerprint density at radius 2 is 1.73 bits per heavy atom. The highest BCUT2D eigenvalue weighted by atomic mass is 31.2. The van der Waals surface area contributed by atoms with Crippen molar-refractivity contribution >= 4 is 7.60 Å². The van der Waals surface area contributed by atoms with Crippen molar-refractivity contribution < 1.29 is 18.7 Å². The van der Waals surface area contributed by atoms with E-state index in [4.69, 9.17) is 14.2 Å². The Morgan fingerprint density at radius 1 is 1.36 bits per heavy atom. The maximum Gasteiger partial charge on any atom is 0.358 e. The van der Waals surface area contributed by atoms with Crippen LogP contribution in [0.25, 0.3) is 0 Å². The van der Waals surface area contributed by atoms with Gasteiger partial charge in [-0.3, -0.25) is 4.57 Å². The molecule has 0 aromatic carbocycles. The number of hydrogen-bond donors (Lipinski definition) is 1. The van der Waals surface area contributed by atoms with Crippen LogP contribution in [0.3, 0.4) is 0 Å². The Labute approximate surface area is 67.0 Å². The van der Waals surface area contributed by atoms with Crippen molar-refractivity contribution in [3.05, 3.63) is 0 Å². The fourth-order valence-electron chi connectivity index (χ4n) is 0.613. The van der Waals surface area contributed by atoms with Crippen LogP contribution < -0.4 is 0 Å². The SMILES string of the molecule is CCOP(=O)(OCC)C(C)O. The van der Waals surface area contributed by atoms with Crippen molar-refractivity contribution in [2.75, 3.05) is 13.2 Å². The Hall–Kier alpha value is 0.110. The van der Waals surface area contributed by atoms with E-state index in [-0.39, 0.29) is 13.2 Å². The molecule has 0 amide bonds. The van der Waals surface area contributed by atoms with Gasteiger partial charge in [0.15, 0.2) is 5.85 Å². The number of rotatable bonds is 5. The smallest absolute Gasteiger partial charge is 0.358 e. The quantitative estimate of drug-likeness (QED) is 0.656. The maximum absolute atomic E-state index is 11.4. The second-order valence-corrected chi connectivity index (χ2v) is 4.35. The van der Waals surface area contributed by atoms with E-state index in [1.807, 2.05) is 0 Å². The molecule has 0 aliphatic carbocycles. The molecule has 4 nitrogen and oxygen atoms in total. The first-order valence-corrected chi connectivity index (χ1v) is 5.24. The molecular formula is C6H15O4P. The summed E-state index contributed by atoms with van der Waals surface area (Å²) in [4.78, 5) is 0. The van der Waals surface area contributed by atoms with E-state index in [9.17, 15) is 4.57 Å². The van der Waals surface area contributed by atoms with Gasteiger partial charge in [-0.05, 0) is 20.8 Å². The lowest BCUT2D eigenvalue weighted by Gasteiger charge is -2.18. The second-order valence-electron chi connectivity index (χ2n) is 2.01. The lowest BCUT2D eigenvalue weighted by Crippen LogP contribution is -2.08. The van der Waals surface area contributed by atoms with E-state index in [1.54, 1.807) is 13.8 Å². The summed E-state index contributed by atoms with van der Waals surface area (Å²) in [7, 11) is -3.24. The third kappa shape index (κ3) is 3.34. The molecule has 68 valence electrons. The molecule has 0 heterocycles. The summed E-state index contributed by atoms with van der Waals surface area (Å²) in [5, 5.41) is 9.02. The molecule has 0 fully saturated rings. The molecule has 0 aliphatic heterocycles. The number of aliphatic hydroxyl groups excluding tert-OH is 1. The molecule has 0 radical (unpaired) electrons. The first kappa shape index (κ1) is 11.1. The number of hydrogen-bond acceptors (Lipinski definition) is 4. The fraction of sp³-hybridized carbons (Fsp3) is 1.00. The molecule has 1 atom stereocenters. The van der Waals surface area contributed by atoms with E-state index in [0.717, 1.165) is 0 Å². The molecule has 0 bridgehead atoms. The van der Waals surface area contributed by atoms with Gasteiger partial charge in [0, 0.05) is 0 Å². The minimum atomic E-state index is -3.24. The minimum absolute atomic E-state index is 0.280. The molecule has 11 heavy (non-hydrogen) atoms. The molecule has 0 aromatic rings. The van der Waals surface area contributed by atoms with Gasteiger partial charge < -0.3 is 14.2 Å². The van der Waals surface area contributed by atoms with Crippen LogP contribution in [0.5, 0.6) is 0 Å². The predicted octanol–water partition coefficient (Wildman–Crippen LogP) is 1.59. The van der Waals surface area contributed by atoms with Crippen LogP contribution in [-0.4, -0.2) is 24.2 Å². The molecule has 0 saturated heterocycles. The van der Waals surface area contributed by atoms with Crippen molar-refractivity contribution in [2.24, 2.45) is 0 Å². The fourth-order valence-corrected chi connectivity index (χ4v) is 1.84. The predicted molar refractivity (Wildman–Crippen MR) is 42.5 cm³/mol. The Kier molecular flexibility index (Phi) is 4.93. The van der Waals surface area contributed by atoms with Crippen molar-refractivity contribution in [3.8, 4) is 0 Å². The van der Waals surface area contributed by atoms with E-state index < -0.39 is 13.4 Å². The molecule has 0 spiro atoms. The molecule has 1 N–H and O–H groups in total. The largest absolute Gasteiger partial charge is 0.381 e. The van der Waals surface area contributed by atoms with Crippen LogP contribution in [0.15, 0.2) is 0 Å². The third-order valence-electron chi connectivity index (χ3n) is 1.08. The van der Waals surface area contributed by atoms with Gasteiger partial charge in [-0.25, -0.2) is 0 Å². The monoisotopic (exact) mass is 182 g/mol. The standard InChI is InChI=1S/C6H15O4P/c1-4-9-11(8,6(3)7)10-5-2/h6-7H,4-5H2,1-3H3. The number of aliphatic hydroxyl groups is 1. The molecular weight excluding hydrogens is 167 g/mol. The van der Waals surface area contributed by atoms with Gasteiger partial charge in [0.2, 0.25) is 0 Å². The summed E-state index contributed by atoms with van der Waals surface area (Å²) in [6, 6.07) is 0. The van der Waals surface area contributed by atoms with Crippen molar-refractivity contribution in [3.63, 3.8) is 0 Å². The van der Waals surface area contributed by atoms with E-state index in [1.165, 1.54) is 6.92 Å². The first-order chi connectivity index (χ1) is 5.06. The lowest BCUT2D eigenvalue weighted by molar-refractivity contribution is 0.157. The average molecular weight is 182 g/mol. The summed E-state index contributed by atoms with van der Waals surface area (Å²) < 4.78 is 21.0. The third-order valence-corrected chi connectivity index (χ3v) is 3.23. The van der Waals surface area contributed by atoms with Crippen LogP contribution in [0.2, 0.25) is 0 Å². The zero-order valence-electron chi connectivity index (χ0n) is 7.11. The Bertz CT molecular complexity index is 136. The highest BCUT2D eigenvalue weighted by molar-refractivity contribution is 7.54. The van der Waals surface area contributed by atoms with E-state index >= 15 is 0 Å². The zero-order valence-corrected chi connectivity index (χ0v) is 8.01. The van der Waals surface area contributed by atoms with Gasteiger partial charge >= 0.3 is 7.60 Å². The van der Waals surface area contributed by atoms with Gasteiger partial charge in [-0.2, -0.15) is 0 Å². The van der Waals surface area contributed by atoms with Gasteiger partial charge in [-0.1, -0.05) is 0 Å². The van der Waals surface area contributed by atoms with Crippen LogP contribution in [0.1, 0.15) is 20.8 Å². The average Bonchev–Trinajstić information content (AvgIpc) is 1.88. The molecule has 0 rings (SSSR count).